The highest BCUT2D eigenvalue weighted by Gasteiger charge is 2.22. The molecule has 33 heavy (non-hydrogen) atoms. The number of hydrogen-bond donors (Lipinski definition) is 2. The molecule has 0 saturated heterocycles. The Bertz CT molecular complexity index is 1090. The van der Waals surface area contributed by atoms with Crippen molar-refractivity contribution in [3.8, 4) is 11.5 Å². The van der Waals surface area contributed by atoms with Crippen LogP contribution < -0.4 is 25.0 Å². The minimum Gasteiger partial charge on any atom is -0.486 e. The summed E-state index contributed by atoms with van der Waals surface area (Å²) in [4.78, 5) is 7.04. The molecule has 6 heteroatoms. The van der Waals surface area contributed by atoms with Crippen LogP contribution in [0.4, 0.5) is 11.5 Å². The van der Waals surface area contributed by atoms with Crippen molar-refractivity contribution in [1.82, 2.24) is 10.3 Å². The Kier molecular flexibility index (Phi) is 6.53. The van der Waals surface area contributed by atoms with E-state index >= 15 is 0 Å². The molecule has 3 aromatic rings. The zero-order valence-corrected chi connectivity index (χ0v) is 19.6. The van der Waals surface area contributed by atoms with Crippen molar-refractivity contribution in [2.24, 2.45) is 5.92 Å². The Labute approximate surface area is 196 Å². The number of aromatic nitrogens is 1. The normalized spacial score (nSPS) is 19.9. The lowest BCUT2D eigenvalue weighted by atomic mass is 9.86. The van der Waals surface area contributed by atoms with Gasteiger partial charge < -0.3 is 25.0 Å². The monoisotopic (exact) mass is 446 g/mol. The Hall–Kier alpha value is -2.99. The van der Waals surface area contributed by atoms with Crippen LogP contribution in [0.15, 0.2) is 48.5 Å². The lowest BCUT2D eigenvalue weighted by Crippen LogP contribution is -2.31. The molecule has 1 aliphatic heterocycles. The summed E-state index contributed by atoms with van der Waals surface area (Å²) >= 11 is 0. The van der Waals surface area contributed by atoms with E-state index in [1.54, 1.807) is 0 Å². The Morgan fingerprint density at radius 2 is 1.73 bits per heavy atom. The fraction of sp³-hybridized carbons (Fsp3) is 0.444. The van der Waals surface area contributed by atoms with Gasteiger partial charge in [0, 0.05) is 43.8 Å². The molecule has 1 saturated carbocycles. The van der Waals surface area contributed by atoms with E-state index in [9.17, 15) is 0 Å². The standard InChI is InChI=1S/C27H34N4O2/c1-31(2)24-16-27(30-23-6-4-3-5-22(23)24)29-21-10-7-19(8-11-21)17-28-18-20-9-12-25-26(15-20)33-14-13-32-25/h3-6,9,12,15-16,19,21,28H,7-8,10-11,13-14,17-18H2,1-2H3,(H,29,30). The van der Waals surface area contributed by atoms with Crippen LogP contribution in [0.2, 0.25) is 0 Å². The summed E-state index contributed by atoms with van der Waals surface area (Å²) in [6.45, 7) is 3.19. The van der Waals surface area contributed by atoms with Gasteiger partial charge in [0.1, 0.15) is 19.0 Å². The Balaban J connectivity index is 1.11. The molecule has 1 aliphatic carbocycles. The van der Waals surface area contributed by atoms with Gasteiger partial charge in [-0.25, -0.2) is 4.98 Å². The maximum atomic E-state index is 5.70. The topological polar surface area (TPSA) is 58.7 Å². The summed E-state index contributed by atoms with van der Waals surface area (Å²) in [7, 11) is 4.18. The van der Waals surface area contributed by atoms with Crippen LogP contribution in [-0.2, 0) is 6.54 Å². The molecule has 0 atom stereocenters. The lowest BCUT2D eigenvalue weighted by molar-refractivity contribution is 0.171. The van der Waals surface area contributed by atoms with Gasteiger partial charge in [-0.05, 0) is 61.9 Å². The molecule has 2 N–H and O–H groups in total. The highest BCUT2D eigenvalue weighted by Crippen LogP contribution is 2.32. The van der Waals surface area contributed by atoms with Crippen LogP contribution in [0.25, 0.3) is 10.9 Å². The van der Waals surface area contributed by atoms with E-state index in [2.05, 4.69) is 72.1 Å². The molecule has 2 heterocycles. The van der Waals surface area contributed by atoms with E-state index in [-0.39, 0.29) is 0 Å². The van der Waals surface area contributed by atoms with E-state index in [1.807, 2.05) is 6.07 Å². The minimum atomic E-state index is 0.489. The molecular weight excluding hydrogens is 412 g/mol. The van der Waals surface area contributed by atoms with Gasteiger partial charge in [-0.15, -0.1) is 0 Å². The second kappa shape index (κ2) is 9.87. The summed E-state index contributed by atoms with van der Waals surface area (Å²) in [6.07, 6.45) is 4.84. The van der Waals surface area contributed by atoms with Gasteiger partial charge in [-0.3, -0.25) is 0 Å². The van der Waals surface area contributed by atoms with Gasteiger partial charge in [0.15, 0.2) is 11.5 Å². The van der Waals surface area contributed by atoms with Crippen LogP contribution in [0.3, 0.4) is 0 Å². The molecule has 174 valence electrons. The SMILES string of the molecule is CN(C)c1cc(NC2CCC(CNCc3ccc4c(c3)OCCO4)CC2)nc2ccccc12. The number of benzene rings is 2. The lowest BCUT2D eigenvalue weighted by Gasteiger charge is -2.30. The highest BCUT2D eigenvalue weighted by atomic mass is 16.6. The van der Waals surface area contributed by atoms with Gasteiger partial charge in [0.05, 0.1) is 5.52 Å². The summed E-state index contributed by atoms with van der Waals surface area (Å²) in [5, 5.41) is 8.56. The number of hydrogen-bond acceptors (Lipinski definition) is 6. The predicted octanol–water partition coefficient (Wildman–Crippen LogP) is 4.83. The van der Waals surface area contributed by atoms with Crippen LogP contribution in [0.1, 0.15) is 31.2 Å². The van der Waals surface area contributed by atoms with Crippen LogP contribution in [0, 0.1) is 5.92 Å². The van der Waals surface area contributed by atoms with E-state index in [0.29, 0.717) is 19.3 Å². The number of nitrogens with zero attached hydrogens (tertiary/aromatic N) is 2. The third-order valence-electron chi connectivity index (χ3n) is 6.74. The molecule has 1 aromatic heterocycles. The number of pyridine rings is 1. The molecule has 0 amide bonds. The Morgan fingerprint density at radius 3 is 2.55 bits per heavy atom. The molecule has 2 aliphatic rings. The fourth-order valence-electron chi connectivity index (χ4n) is 4.94. The van der Waals surface area contributed by atoms with Crippen LogP contribution >= 0.6 is 0 Å². The number of fused-ring (bicyclic) bond motifs is 2. The average molecular weight is 447 g/mol. The molecular formula is C27H34N4O2. The number of ether oxygens (including phenoxy) is 2. The molecule has 1 fully saturated rings. The van der Waals surface area contributed by atoms with Crippen molar-refractivity contribution in [2.45, 2.75) is 38.3 Å². The van der Waals surface area contributed by atoms with Crippen LogP contribution in [0.5, 0.6) is 11.5 Å². The third-order valence-corrected chi connectivity index (χ3v) is 6.74. The van der Waals surface area contributed by atoms with E-state index in [0.717, 1.165) is 41.8 Å². The summed E-state index contributed by atoms with van der Waals surface area (Å²) in [5.74, 6) is 3.43. The first-order valence-electron chi connectivity index (χ1n) is 12.1. The maximum absolute atomic E-state index is 5.70. The van der Waals surface area contributed by atoms with Crippen molar-refractivity contribution in [3.63, 3.8) is 0 Å². The number of para-hydroxylation sites is 1. The van der Waals surface area contributed by atoms with E-state index < -0.39 is 0 Å². The average Bonchev–Trinajstić information content (AvgIpc) is 2.84. The molecule has 6 nitrogen and oxygen atoms in total. The van der Waals surface area contributed by atoms with Crippen LogP contribution in [-0.4, -0.2) is 44.9 Å². The first-order chi connectivity index (χ1) is 16.2. The maximum Gasteiger partial charge on any atom is 0.161 e. The van der Waals surface area contributed by atoms with Gasteiger partial charge >= 0.3 is 0 Å². The van der Waals surface area contributed by atoms with E-state index in [4.69, 9.17) is 14.5 Å². The van der Waals surface area contributed by atoms with Crippen molar-refractivity contribution in [2.75, 3.05) is 44.1 Å². The van der Waals surface area contributed by atoms with E-state index in [1.165, 1.54) is 42.3 Å². The molecule has 0 radical (unpaired) electrons. The number of anilines is 2. The van der Waals surface area contributed by atoms with Gasteiger partial charge in [0.2, 0.25) is 0 Å². The first kappa shape index (κ1) is 21.8. The number of rotatable bonds is 7. The molecule has 0 spiro atoms. The smallest absolute Gasteiger partial charge is 0.161 e. The summed E-state index contributed by atoms with van der Waals surface area (Å²) in [6, 6.07) is 17.3. The van der Waals surface area contributed by atoms with Gasteiger partial charge in [-0.1, -0.05) is 24.3 Å². The highest BCUT2D eigenvalue weighted by molar-refractivity contribution is 5.93. The zero-order valence-electron chi connectivity index (χ0n) is 19.6. The zero-order chi connectivity index (χ0) is 22.6. The molecule has 5 rings (SSSR count). The summed E-state index contributed by atoms with van der Waals surface area (Å²) in [5.41, 5.74) is 3.50. The fourth-order valence-corrected chi connectivity index (χ4v) is 4.94. The molecule has 0 bridgehead atoms. The third kappa shape index (κ3) is 5.17. The van der Waals surface area contributed by atoms with Crippen molar-refractivity contribution in [3.05, 3.63) is 54.1 Å². The van der Waals surface area contributed by atoms with Crippen molar-refractivity contribution < 1.29 is 9.47 Å². The first-order valence-corrected chi connectivity index (χ1v) is 12.1. The predicted molar refractivity (Wildman–Crippen MR) is 135 cm³/mol. The summed E-state index contributed by atoms with van der Waals surface area (Å²) < 4.78 is 11.3. The molecule has 2 aromatic carbocycles. The second-order valence-corrected chi connectivity index (χ2v) is 9.41. The number of nitrogens with one attached hydrogen (secondary N) is 2. The Morgan fingerprint density at radius 1 is 0.939 bits per heavy atom. The largest absolute Gasteiger partial charge is 0.486 e. The van der Waals surface area contributed by atoms with Gasteiger partial charge in [0.25, 0.3) is 0 Å². The second-order valence-electron chi connectivity index (χ2n) is 9.41. The quantitative estimate of drug-likeness (QED) is 0.542. The van der Waals surface area contributed by atoms with Crippen molar-refractivity contribution in [1.29, 1.82) is 0 Å². The molecule has 0 unspecified atom stereocenters. The van der Waals surface area contributed by atoms with Gasteiger partial charge in [-0.2, -0.15) is 0 Å². The minimum absolute atomic E-state index is 0.489. The van der Waals surface area contributed by atoms with Crippen molar-refractivity contribution >= 4 is 22.4 Å².